The first-order chi connectivity index (χ1) is 21.9. The number of rotatable bonds is 7. The number of amides is 1. The van der Waals surface area contributed by atoms with Crippen molar-refractivity contribution in [1.82, 2.24) is 20.6 Å². The van der Waals surface area contributed by atoms with Crippen LogP contribution >= 0.6 is 11.6 Å². The summed E-state index contributed by atoms with van der Waals surface area (Å²) < 4.78 is 20.2. The highest BCUT2D eigenvalue weighted by atomic mass is 35.5. The highest BCUT2D eigenvalue weighted by Gasteiger charge is 2.62. The number of carbonyl (C=O) groups excluding carboxylic acids is 1. The number of anilines is 2. The molecule has 0 radical (unpaired) electrons. The first kappa shape index (κ1) is 28.6. The maximum atomic E-state index is 15.5. The zero-order chi connectivity index (χ0) is 31.1. The van der Waals surface area contributed by atoms with Crippen LogP contribution in [-0.2, 0) is 10.2 Å². The van der Waals surface area contributed by atoms with E-state index in [-0.39, 0.29) is 16.5 Å². The van der Waals surface area contributed by atoms with Gasteiger partial charge in [-0.05, 0) is 53.9 Å². The predicted molar refractivity (Wildman–Crippen MR) is 169 cm³/mol. The maximum absolute atomic E-state index is 15.5. The van der Waals surface area contributed by atoms with E-state index in [9.17, 15) is 10.0 Å². The molecule has 1 aromatic heterocycles. The van der Waals surface area contributed by atoms with E-state index in [4.69, 9.17) is 16.6 Å². The predicted octanol–water partition coefficient (Wildman–Crippen LogP) is 5.00. The summed E-state index contributed by atoms with van der Waals surface area (Å²) in [6.45, 7) is 0. The van der Waals surface area contributed by atoms with Crippen molar-refractivity contribution in [2.75, 3.05) is 17.4 Å². The topological polar surface area (TPSA) is 138 Å². The van der Waals surface area contributed by atoms with Crippen LogP contribution in [0, 0.1) is 11.0 Å². The summed E-state index contributed by atoms with van der Waals surface area (Å²) in [5.41, 5.74) is 8.02. The molecule has 4 aromatic rings. The number of aromatic nitrogens is 2. The average molecular weight is 627 g/mol. The fourth-order valence-electron chi connectivity index (χ4n) is 6.19. The number of nitrogens with zero attached hydrogens (tertiary/aromatic N) is 4. The van der Waals surface area contributed by atoms with Crippen LogP contribution < -0.4 is 21.4 Å². The maximum Gasteiger partial charge on any atom is 0.411 e. The summed E-state index contributed by atoms with van der Waals surface area (Å²) in [5, 5.41) is 23.0. The molecule has 7 rings (SSSR count). The first-order valence-corrected chi connectivity index (χ1v) is 14.6. The fraction of sp³-hybridized carbons (Fsp3) is 0.156. The van der Waals surface area contributed by atoms with Crippen molar-refractivity contribution in [1.29, 1.82) is 0 Å². The molecule has 228 valence electrons. The van der Waals surface area contributed by atoms with Crippen LogP contribution in [0.3, 0.4) is 0 Å². The van der Waals surface area contributed by atoms with E-state index in [1.165, 1.54) is 25.7 Å². The minimum atomic E-state index is -0.665. The quantitative estimate of drug-likeness (QED) is 0.212. The molecular weight excluding hydrogens is 599 g/mol. The second-order valence-electron chi connectivity index (χ2n) is 11.0. The number of carbonyl (C=O) groups is 1. The van der Waals surface area contributed by atoms with E-state index in [1.807, 2.05) is 36.4 Å². The highest BCUT2D eigenvalue weighted by Crippen LogP contribution is 2.63. The van der Waals surface area contributed by atoms with Gasteiger partial charge >= 0.3 is 6.09 Å². The molecule has 1 unspecified atom stereocenters. The Morgan fingerprint density at radius 1 is 1.18 bits per heavy atom. The minimum absolute atomic E-state index is 0.0188. The Hall–Kier alpha value is -5.17. The Balaban J connectivity index is 1.23. The number of ether oxygens (including phenoxy) is 1. The van der Waals surface area contributed by atoms with Crippen LogP contribution in [0.25, 0.3) is 16.8 Å². The van der Waals surface area contributed by atoms with Crippen LogP contribution in [0.2, 0.25) is 5.02 Å². The van der Waals surface area contributed by atoms with Crippen molar-refractivity contribution in [3.05, 3.63) is 124 Å². The van der Waals surface area contributed by atoms with Gasteiger partial charge in [0.15, 0.2) is 12.2 Å². The summed E-state index contributed by atoms with van der Waals surface area (Å²) in [4.78, 5) is 19.8. The summed E-state index contributed by atoms with van der Waals surface area (Å²) in [6.07, 6.45) is 8.41. The molecule has 11 nitrogen and oxygen atoms in total. The number of hydrogen-bond acceptors (Lipinski definition) is 8. The summed E-state index contributed by atoms with van der Waals surface area (Å²) in [6, 6.07) is 19.8. The summed E-state index contributed by atoms with van der Waals surface area (Å²) >= 11 is 6.18. The number of hydrazone groups is 1. The van der Waals surface area contributed by atoms with Gasteiger partial charge in [-0.2, -0.15) is 5.01 Å². The lowest BCUT2D eigenvalue weighted by Crippen LogP contribution is -2.98. The average Bonchev–Trinajstić information content (AvgIpc) is 3.37. The second-order valence-corrected chi connectivity index (χ2v) is 11.4. The van der Waals surface area contributed by atoms with Gasteiger partial charge in [0.2, 0.25) is 0 Å². The molecule has 13 heteroatoms. The van der Waals surface area contributed by atoms with E-state index in [0.717, 1.165) is 21.9 Å². The van der Waals surface area contributed by atoms with Crippen molar-refractivity contribution in [3.63, 3.8) is 0 Å². The van der Waals surface area contributed by atoms with Crippen LogP contribution in [0.5, 0.6) is 0 Å². The van der Waals surface area contributed by atoms with Gasteiger partial charge in [0.25, 0.3) is 0 Å². The largest absolute Gasteiger partial charge is 0.758 e. The van der Waals surface area contributed by atoms with Crippen LogP contribution in [0.1, 0.15) is 29.3 Å². The number of methoxy groups -OCH3 is 1. The molecular formula is C32H28ClFN8O3. The standard InChI is InChI=1S/C32H27ClFN8O3/c1-45-31(43)37-22-10-7-20(8-11-22)25-16-35-30(38-25)32(15-23(32)19-5-3-2-4-6-19)27-14-9-21(17-42(27)44)28-26(41-18-36-39-40-41)13-12-24(33)29(28)34/h2-14,16-18,23,27,39-40H,15H2,1H3,(H,35,38)(H,37,43)/q-1/p+1/t23-,27?,32-/m0/s1. The van der Waals surface area contributed by atoms with E-state index in [2.05, 4.69) is 37.8 Å². The number of allylic oxidation sites excluding steroid dienone is 2. The SMILES string of the molecule is COC(=O)Nc1ccc(-c2cnc([C@@]3(C4C=CC(c5c(N6C=NN[NH2+]6)ccc(Cl)c5F)=CN4[O-])C[C@H]3c3ccccc3)[nH]2)cc1. The van der Waals surface area contributed by atoms with Gasteiger partial charge in [-0.3, -0.25) is 5.32 Å². The van der Waals surface area contributed by atoms with Crippen LogP contribution in [0.4, 0.5) is 20.6 Å². The van der Waals surface area contributed by atoms with Gasteiger partial charge in [-0.1, -0.05) is 66.2 Å². The molecule has 3 aliphatic rings. The van der Waals surface area contributed by atoms with Crippen molar-refractivity contribution < 1.29 is 19.5 Å². The lowest BCUT2D eigenvalue weighted by molar-refractivity contribution is -0.703. The van der Waals surface area contributed by atoms with Crippen LogP contribution in [0.15, 0.2) is 96.4 Å². The number of nitrogens with two attached hydrogens (primary N) is 1. The fourth-order valence-corrected chi connectivity index (χ4v) is 6.35. The Kier molecular flexibility index (Phi) is 7.24. The zero-order valence-electron chi connectivity index (χ0n) is 23.9. The zero-order valence-corrected chi connectivity index (χ0v) is 24.7. The number of nitrogens with one attached hydrogen (secondary N) is 3. The summed E-state index contributed by atoms with van der Waals surface area (Å²) in [5.74, 6) is 0.0711. The molecule has 45 heavy (non-hydrogen) atoms. The van der Waals surface area contributed by atoms with Gasteiger partial charge in [0.1, 0.15) is 11.5 Å². The van der Waals surface area contributed by atoms with Gasteiger partial charge < -0.3 is 20.0 Å². The number of quaternary nitrogens is 1. The van der Waals surface area contributed by atoms with Crippen molar-refractivity contribution in [3.8, 4) is 11.3 Å². The Bertz CT molecular complexity index is 1840. The smallest absolute Gasteiger partial charge is 0.411 e. The highest BCUT2D eigenvalue weighted by molar-refractivity contribution is 6.31. The molecule has 2 aliphatic heterocycles. The van der Waals surface area contributed by atoms with Crippen molar-refractivity contribution in [2.45, 2.75) is 23.8 Å². The third kappa shape index (κ3) is 5.08. The van der Waals surface area contributed by atoms with E-state index < -0.39 is 23.4 Å². The summed E-state index contributed by atoms with van der Waals surface area (Å²) in [7, 11) is 1.31. The number of hydrogen-bond donors (Lipinski definition) is 4. The number of benzene rings is 3. The Morgan fingerprint density at radius 3 is 2.69 bits per heavy atom. The minimum Gasteiger partial charge on any atom is -0.758 e. The number of aromatic amines is 1. The molecule has 0 spiro atoms. The third-order valence-corrected chi connectivity index (χ3v) is 8.76. The second kappa shape index (κ2) is 11.4. The van der Waals surface area contributed by atoms with Gasteiger partial charge in [-0.25, -0.2) is 14.2 Å². The molecule has 1 fully saturated rings. The molecule has 3 atom stereocenters. The molecule has 1 saturated carbocycles. The Morgan fingerprint density at radius 2 is 1.98 bits per heavy atom. The molecule has 0 bridgehead atoms. The van der Waals surface area contributed by atoms with Crippen molar-refractivity contribution in [2.24, 2.45) is 5.10 Å². The molecule has 3 heterocycles. The van der Waals surface area contributed by atoms with Crippen LogP contribution in [-0.4, -0.2) is 40.6 Å². The normalized spacial score (nSPS) is 21.8. The molecule has 1 aliphatic carbocycles. The molecule has 5 N–H and O–H groups in total. The number of hydroxylamine groups is 2. The van der Waals surface area contributed by atoms with Crippen molar-refractivity contribution >= 4 is 41.0 Å². The van der Waals surface area contributed by atoms with E-state index in [0.29, 0.717) is 29.2 Å². The number of H-pyrrole nitrogens is 1. The first-order valence-electron chi connectivity index (χ1n) is 14.2. The molecule has 0 saturated heterocycles. The lowest BCUT2D eigenvalue weighted by atomic mass is 9.87. The Labute approximate surface area is 262 Å². The van der Waals surface area contributed by atoms with Gasteiger partial charge in [0, 0.05) is 22.9 Å². The monoisotopic (exact) mass is 626 g/mol. The third-order valence-electron chi connectivity index (χ3n) is 8.47. The van der Waals surface area contributed by atoms with Gasteiger partial charge in [0.05, 0.1) is 29.4 Å². The van der Waals surface area contributed by atoms with Gasteiger partial charge in [-0.15, -0.1) is 16.2 Å². The number of halogens is 2. The van der Waals surface area contributed by atoms with E-state index >= 15 is 4.39 Å². The number of imidazole rings is 1. The lowest BCUT2D eigenvalue weighted by Gasteiger charge is -2.42. The molecule has 3 aromatic carbocycles. The molecule has 1 amide bonds. The van der Waals surface area contributed by atoms with E-state index in [1.54, 1.807) is 41.0 Å².